The average Bonchev–Trinajstić information content (AvgIpc) is 2.48. The minimum absolute atomic E-state index is 0.0156. The summed E-state index contributed by atoms with van der Waals surface area (Å²) < 4.78 is 22.7. The molecule has 0 aromatic rings. The summed E-state index contributed by atoms with van der Waals surface area (Å²) in [6, 6.07) is -0.0156. The second-order valence-electron chi connectivity index (χ2n) is 3.82. The van der Waals surface area contributed by atoms with Crippen LogP contribution in [0.1, 0.15) is 6.92 Å². The van der Waals surface area contributed by atoms with Crippen LogP contribution in [0.15, 0.2) is 4.99 Å². The molecule has 15 heavy (non-hydrogen) atoms. The first kappa shape index (κ1) is 10.9. The van der Waals surface area contributed by atoms with Crippen LogP contribution in [-0.2, 0) is 14.6 Å². The van der Waals surface area contributed by atoms with Gasteiger partial charge in [-0.3, -0.25) is 4.79 Å². The smallest absolute Gasteiger partial charge is 0.244 e. The van der Waals surface area contributed by atoms with Crippen molar-refractivity contribution in [2.24, 2.45) is 4.99 Å². The van der Waals surface area contributed by atoms with Crippen LogP contribution in [0.3, 0.4) is 0 Å². The predicted octanol–water partition coefficient (Wildman–Crippen LogP) is -0.267. The third-order valence-electron chi connectivity index (χ3n) is 2.58. The fourth-order valence-corrected chi connectivity index (χ4v) is 5.91. The summed E-state index contributed by atoms with van der Waals surface area (Å²) in [7, 11) is -1.10. The van der Waals surface area contributed by atoms with Crippen molar-refractivity contribution < 1.29 is 13.2 Å². The van der Waals surface area contributed by atoms with Gasteiger partial charge >= 0.3 is 0 Å². The van der Waals surface area contributed by atoms with Crippen molar-refractivity contribution in [3.8, 4) is 0 Å². The highest BCUT2D eigenvalue weighted by molar-refractivity contribution is 8.15. The Morgan fingerprint density at radius 1 is 1.53 bits per heavy atom. The molecule has 0 spiro atoms. The Morgan fingerprint density at radius 2 is 2.20 bits per heavy atom. The van der Waals surface area contributed by atoms with E-state index in [9.17, 15) is 13.2 Å². The normalized spacial score (nSPS) is 35.9. The molecule has 0 radical (unpaired) electrons. The van der Waals surface area contributed by atoms with Crippen LogP contribution in [0.2, 0.25) is 0 Å². The largest absolute Gasteiger partial charge is 0.349 e. The standard InChI is InChI=1S/C8H12N2O3S2/c1-5(11)9-8-10(2)6-3-15(12,13)4-7(6)14-8/h6-7H,3-4H2,1-2H3. The van der Waals surface area contributed by atoms with Crippen molar-refractivity contribution in [2.75, 3.05) is 18.6 Å². The maximum Gasteiger partial charge on any atom is 0.244 e. The van der Waals surface area contributed by atoms with Crippen LogP contribution in [0.25, 0.3) is 0 Å². The Balaban J connectivity index is 2.22. The third kappa shape index (κ3) is 2.03. The molecule has 2 rings (SSSR count). The lowest BCUT2D eigenvalue weighted by Gasteiger charge is -2.17. The molecular formula is C8H12N2O3S2. The van der Waals surface area contributed by atoms with E-state index in [1.165, 1.54) is 18.7 Å². The lowest BCUT2D eigenvalue weighted by molar-refractivity contribution is -0.115. The summed E-state index contributed by atoms with van der Waals surface area (Å²) in [5.74, 6) is 0.133. The Kier molecular flexibility index (Phi) is 2.54. The summed E-state index contributed by atoms with van der Waals surface area (Å²) in [5.41, 5.74) is 0. The fourth-order valence-electron chi connectivity index (χ4n) is 1.87. The van der Waals surface area contributed by atoms with Crippen LogP contribution >= 0.6 is 11.8 Å². The van der Waals surface area contributed by atoms with Crippen molar-refractivity contribution in [1.29, 1.82) is 0 Å². The van der Waals surface area contributed by atoms with Crippen LogP contribution in [0.5, 0.6) is 0 Å². The molecule has 1 amide bonds. The molecule has 0 bridgehead atoms. The topological polar surface area (TPSA) is 66.8 Å². The highest BCUT2D eigenvalue weighted by atomic mass is 32.2. The molecule has 2 fully saturated rings. The van der Waals surface area contributed by atoms with Crippen LogP contribution in [0.4, 0.5) is 0 Å². The van der Waals surface area contributed by atoms with Crippen molar-refractivity contribution >= 4 is 32.7 Å². The zero-order chi connectivity index (χ0) is 11.2. The van der Waals surface area contributed by atoms with Crippen molar-refractivity contribution in [1.82, 2.24) is 4.90 Å². The van der Waals surface area contributed by atoms with Gasteiger partial charge in [0.1, 0.15) is 0 Å². The quantitative estimate of drug-likeness (QED) is 0.590. The van der Waals surface area contributed by atoms with E-state index >= 15 is 0 Å². The van der Waals surface area contributed by atoms with Crippen LogP contribution in [-0.4, -0.2) is 54.2 Å². The summed E-state index contributed by atoms with van der Waals surface area (Å²) in [6.07, 6.45) is 0. The number of fused-ring (bicyclic) bond motifs is 1. The number of amides is 1. The number of hydrogen-bond acceptors (Lipinski definition) is 4. The van der Waals surface area contributed by atoms with E-state index in [-0.39, 0.29) is 28.7 Å². The van der Waals surface area contributed by atoms with Gasteiger partial charge in [-0.05, 0) is 0 Å². The lowest BCUT2D eigenvalue weighted by atomic mass is 10.2. The Labute approximate surface area is 92.8 Å². The molecule has 5 nitrogen and oxygen atoms in total. The van der Waals surface area contributed by atoms with Gasteiger partial charge < -0.3 is 4.90 Å². The molecule has 2 heterocycles. The number of sulfone groups is 1. The molecule has 2 aliphatic rings. The second kappa shape index (κ2) is 3.48. The van der Waals surface area contributed by atoms with Gasteiger partial charge in [0.15, 0.2) is 15.0 Å². The minimum atomic E-state index is -2.89. The first-order chi connectivity index (χ1) is 6.89. The molecule has 7 heteroatoms. The lowest BCUT2D eigenvalue weighted by Crippen LogP contribution is -2.33. The number of thioether (sulfide) groups is 1. The first-order valence-electron chi connectivity index (χ1n) is 4.58. The maximum absolute atomic E-state index is 11.4. The molecule has 2 atom stereocenters. The number of hydrogen-bond donors (Lipinski definition) is 0. The van der Waals surface area contributed by atoms with E-state index in [4.69, 9.17) is 0 Å². The van der Waals surface area contributed by atoms with Crippen LogP contribution < -0.4 is 0 Å². The number of nitrogens with zero attached hydrogens (tertiary/aromatic N) is 2. The SMILES string of the molecule is CC(=O)N=C1SC2CS(=O)(=O)CC2N1C. The van der Waals surface area contributed by atoms with Gasteiger partial charge in [0.2, 0.25) is 5.91 Å². The zero-order valence-electron chi connectivity index (χ0n) is 8.50. The molecule has 0 N–H and O–H groups in total. The summed E-state index contributed by atoms with van der Waals surface area (Å²) >= 11 is 1.40. The van der Waals surface area contributed by atoms with Gasteiger partial charge in [0.25, 0.3) is 0 Å². The zero-order valence-corrected chi connectivity index (χ0v) is 10.1. The van der Waals surface area contributed by atoms with Crippen molar-refractivity contribution in [2.45, 2.75) is 18.2 Å². The van der Waals surface area contributed by atoms with Crippen molar-refractivity contribution in [3.05, 3.63) is 0 Å². The van der Waals surface area contributed by atoms with E-state index < -0.39 is 9.84 Å². The highest BCUT2D eigenvalue weighted by Gasteiger charge is 2.47. The predicted molar refractivity (Wildman–Crippen MR) is 59.7 cm³/mol. The monoisotopic (exact) mass is 248 g/mol. The molecule has 0 saturated carbocycles. The van der Waals surface area contributed by atoms with E-state index in [0.29, 0.717) is 5.17 Å². The molecule has 84 valence electrons. The van der Waals surface area contributed by atoms with E-state index in [1.54, 1.807) is 11.9 Å². The van der Waals surface area contributed by atoms with Crippen molar-refractivity contribution in [3.63, 3.8) is 0 Å². The van der Waals surface area contributed by atoms with Gasteiger partial charge in [-0.1, -0.05) is 11.8 Å². The van der Waals surface area contributed by atoms with Gasteiger partial charge in [-0.25, -0.2) is 8.42 Å². The minimum Gasteiger partial charge on any atom is -0.349 e. The molecular weight excluding hydrogens is 236 g/mol. The fraction of sp³-hybridized carbons (Fsp3) is 0.750. The second-order valence-corrected chi connectivity index (χ2v) is 7.19. The van der Waals surface area contributed by atoms with Gasteiger partial charge in [0.05, 0.1) is 17.5 Å². The molecule has 0 aliphatic carbocycles. The Morgan fingerprint density at radius 3 is 2.73 bits per heavy atom. The first-order valence-corrected chi connectivity index (χ1v) is 7.28. The maximum atomic E-state index is 11.4. The number of carbonyl (C=O) groups excluding carboxylic acids is 1. The number of aliphatic imine (C=N–C) groups is 1. The van der Waals surface area contributed by atoms with Crippen LogP contribution in [0, 0.1) is 0 Å². The van der Waals surface area contributed by atoms with E-state index in [1.807, 2.05) is 0 Å². The van der Waals surface area contributed by atoms with E-state index in [0.717, 1.165) is 0 Å². The number of carbonyl (C=O) groups is 1. The summed E-state index contributed by atoms with van der Waals surface area (Å²) in [6.45, 7) is 1.40. The van der Waals surface area contributed by atoms with E-state index in [2.05, 4.69) is 4.99 Å². The molecule has 0 aromatic carbocycles. The van der Waals surface area contributed by atoms with Gasteiger partial charge in [0, 0.05) is 19.2 Å². The molecule has 2 unspecified atom stereocenters. The van der Waals surface area contributed by atoms with Gasteiger partial charge in [-0.2, -0.15) is 4.99 Å². The van der Waals surface area contributed by atoms with Gasteiger partial charge in [-0.15, -0.1) is 0 Å². The molecule has 2 aliphatic heterocycles. The number of amidine groups is 1. The summed E-state index contributed by atoms with van der Waals surface area (Å²) in [4.78, 5) is 16.5. The Bertz CT molecular complexity index is 429. The molecule has 2 saturated heterocycles. The average molecular weight is 248 g/mol. The molecule has 0 aromatic heterocycles. The Hall–Kier alpha value is -0.560. The third-order valence-corrected chi connectivity index (χ3v) is 5.88. The highest BCUT2D eigenvalue weighted by Crippen LogP contribution is 2.36. The summed E-state index contributed by atoms with van der Waals surface area (Å²) in [5, 5.41) is 0.686. The number of rotatable bonds is 0.